The minimum absolute atomic E-state index is 0.341. The third-order valence-corrected chi connectivity index (χ3v) is 3.44. The molecule has 0 aromatic heterocycles. The molecule has 1 nitrogen and oxygen atoms in total. The lowest BCUT2D eigenvalue weighted by molar-refractivity contribution is 0.268. The normalized spacial score (nSPS) is 12.5. The van der Waals surface area contributed by atoms with Gasteiger partial charge >= 0.3 is 0 Å². The molecule has 0 radical (unpaired) electrons. The first-order valence-corrected chi connectivity index (χ1v) is 7.94. The smallest absolute Gasteiger partial charge is 0.119 e. The zero-order valence-electron chi connectivity index (χ0n) is 14.7. The van der Waals surface area contributed by atoms with E-state index in [0.29, 0.717) is 23.4 Å². The van der Waals surface area contributed by atoms with Crippen LogP contribution in [0.5, 0.6) is 5.75 Å². The molecule has 0 heterocycles. The van der Waals surface area contributed by atoms with Gasteiger partial charge in [0.25, 0.3) is 0 Å². The summed E-state index contributed by atoms with van der Waals surface area (Å²) < 4.78 is 5.57. The van der Waals surface area contributed by atoms with Crippen LogP contribution >= 0.6 is 0 Å². The van der Waals surface area contributed by atoms with Gasteiger partial charge in [0.2, 0.25) is 0 Å². The molecule has 0 N–H and O–H groups in total. The highest BCUT2D eigenvalue weighted by atomic mass is 16.5. The molecule has 0 fully saturated rings. The molecule has 0 saturated carbocycles. The lowest BCUT2D eigenvalue weighted by Crippen LogP contribution is -2.18. The third kappa shape index (κ3) is 7.36. The Balaban J connectivity index is 2.89. The van der Waals surface area contributed by atoms with E-state index in [4.69, 9.17) is 4.74 Å². The van der Waals surface area contributed by atoms with Crippen LogP contribution in [0.25, 0.3) is 0 Å². The summed E-state index contributed by atoms with van der Waals surface area (Å²) in [6.07, 6.45) is 4.18. The van der Waals surface area contributed by atoms with Crippen LogP contribution in [0.3, 0.4) is 0 Å². The molecule has 0 amide bonds. The van der Waals surface area contributed by atoms with Crippen molar-refractivity contribution >= 4 is 0 Å². The Morgan fingerprint density at radius 3 is 1.81 bits per heavy atom. The van der Waals surface area contributed by atoms with Gasteiger partial charge in [0.1, 0.15) is 12.4 Å². The van der Waals surface area contributed by atoms with Crippen LogP contribution in [0.15, 0.2) is 36.9 Å². The first-order chi connectivity index (χ1) is 9.61. The average molecular weight is 288 g/mol. The second-order valence-electron chi connectivity index (χ2n) is 8.40. The second-order valence-corrected chi connectivity index (χ2v) is 8.40. The number of hydrogen-bond acceptors (Lipinski definition) is 1. The molecule has 0 unspecified atom stereocenters. The van der Waals surface area contributed by atoms with Crippen molar-refractivity contribution in [1.29, 1.82) is 0 Å². The van der Waals surface area contributed by atoms with Crippen molar-refractivity contribution in [3.8, 4) is 5.75 Å². The predicted octanol–water partition coefficient (Wildman–Crippen LogP) is 6.21. The second kappa shape index (κ2) is 7.15. The fourth-order valence-electron chi connectivity index (χ4n) is 2.78. The van der Waals surface area contributed by atoms with Crippen LogP contribution in [-0.4, -0.2) is 6.61 Å². The van der Waals surface area contributed by atoms with Gasteiger partial charge in [0.05, 0.1) is 0 Å². The zero-order valence-corrected chi connectivity index (χ0v) is 14.7. The lowest BCUT2D eigenvalue weighted by Gasteiger charge is -2.31. The fourth-order valence-corrected chi connectivity index (χ4v) is 2.78. The van der Waals surface area contributed by atoms with Crippen molar-refractivity contribution in [1.82, 2.24) is 0 Å². The van der Waals surface area contributed by atoms with Crippen LogP contribution in [0.2, 0.25) is 0 Å². The molecule has 1 heteroatoms. The Hall–Kier alpha value is -1.24. The number of hydrogen-bond donors (Lipinski definition) is 0. The molecular weight excluding hydrogens is 256 g/mol. The molecule has 21 heavy (non-hydrogen) atoms. The van der Waals surface area contributed by atoms with Gasteiger partial charge in [-0.1, -0.05) is 66.3 Å². The Morgan fingerprint density at radius 1 is 0.952 bits per heavy atom. The molecule has 0 aliphatic heterocycles. The summed E-state index contributed by atoms with van der Waals surface area (Å²) in [7, 11) is 0. The highest BCUT2D eigenvalue weighted by molar-refractivity contribution is 5.30. The Morgan fingerprint density at radius 2 is 1.43 bits per heavy atom. The summed E-state index contributed by atoms with van der Waals surface area (Å²) >= 11 is 0. The summed E-state index contributed by atoms with van der Waals surface area (Å²) in [5.74, 6) is 1.52. The van der Waals surface area contributed by atoms with E-state index in [2.05, 4.69) is 72.4 Å². The van der Waals surface area contributed by atoms with Crippen molar-refractivity contribution in [3.05, 3.63) is 42.5 Å². The summed E-state index contributed by atoms with van der Waals surface area (Å²) in [6.45, 7) is 18.2. The largest absolute Gasteiger partial charge is 0.490 e. The molecular formula is C20H32O. The van der Waals surface area contributed by atoms with Crippen molar-refractivity contribution in [2.45, 2.75) is 60.3 Å². The number of ether oxygens (including phenoxy) is 1. The quantitative estimate of drug-likeness (QED) is 0.566. The van der Waals surface area contributed by atoms with Crippen LogP contribution in [0, 0.1) is 10.8 Å². The molecule has 0 spiro atoms. The van der Waals surface area contributed by atoms with E-state index in [1.165, 1.54) is 18.4 Å². The number of benzene rings is 1. The summed E-state index contributed by atoms with van der Waals surface area (Å²) in [6, 6.07) is 8.61. The lowest BCUT2D eigenvalue weighted by atomic mass is 9.74. The summed E-state index contributed by atoms with van der Waals surface area (Å²) in [4.78, 5) is 0. The van der Waals surface area contributed by atoms with E-state index in [1.54, 1.807) is 6.08 Å². The molecule has 1 rings (SSSR count). The first kappa shape index (κ1) is 17.8. The van der Waals surface area contributed by atoms with E-state index in [0.717, 1.165) is 5.75 Å². The first-order valence-electron chi connectivity index (χ1n) is 7.94. The van der Waals surface area contributed by atoms with Gasteiger partial charge in [-0.15, -0.1) is 0 Å². The minimum atomic E-state index is 0.341. The van der Waals surface area contributed by atoms with E-state index in [-0.39, 0.29) is 0 Å². The maximum atomic E-state index is 5.57. The molecule has 0 aliphatic rings. The molecule has 1 aromatic rings. The molecule has 0 bridgehead atoms. The third-order valence-electron chi connectivity index (χ3n) is 3.44. The average Bonchev–Trinajstić information content (AvgIpc) is 2.33. The monoisotopic (exact) mass is 288 g/mol. The van der Waals surface area contributed by atoms with Gasteiger partial charge in [-0.25, -0.2) is 0 Å². The Kier molecular flexibility index (Phi) is 6.07. The van der Waals surface area contributed by atoms with E-state index < -0.39 is 0 Å². The minimum Gasteiger partial charge on any atom is -0.490 e. The van der Waals surface area contributed by atoms with Crippen LogP contribution < -0.4 is 4.74 Å². The highest BCUT2D eigenvalue weighted by Gasteiger charge is 2.25. The molecule has 118 valence electrons. The van der Waals surface area contributed by atoms with Crippen LogP contribution in [-0.2, 0) is 0 Å². The standard InChI is InChI=1S/C20H32O/c1-8-13-21-18-11-9-16(10-12-18)17(14-19(2,3)4)15-20(5,6)7/h8-12,17H,1,13-15H2,2-7H3. The van der Waals surface area contributed by atoms with Crippen LogP contribution in [0.4, 0.5) is 0 Å². The van der Waals surface area contributed by atoms with Crippen molar-refractivity contribution in [2.24, 2.45) is 10.8 Å². The summed E-state index contributed by atoms with van der Waals surface area (Å²) in [5.41, 5.74) is 2.10. The fraction of sp³-hybridized carbons (Fsp3) is 0.600. The van der Waals surface area contributed by atoms with Crippen molar-refractivity contribution in [2.75, 3.05) is 6.61 Å². The summed E-state index contributed by atoms with van der Waals surface area (Å²) in [5, 5.41) is 0. The van der Waals surface area contributed by atoms with Gasteiger partial charge in [0.15, 0.2) is 0 Å². The van der Waals surface area contributed by atoms with Crippen molar-refractivity contribution in [3.63, 3.8) is 0 Å². The van der Waals surface area contributed by atoms with Gasteiger partial charge in [-0.2, -0.15) is 0 Å². The van der Waals surface area contributed by atoms with E-state index >= 15 is 0 Å². The molecule has 0 aliphatic carbocycles. The zero-order chi connectivity index (χ0) is 16.1. The topological polar surface area (TPSA) is 9.23 Å². The Bertz CT molecular complexity index is 412. The predicted molar refractivity (Wildman–Crippen MR) is 93.0 cm³/mol. The Labute approximate surface area is 131 Å². The maximum absolute atomic E-state index is 5.57. The van der Waals surface area contributed by atoms with Crippen LogP contribution in [0.1, 0.15) is 65.9 Å². The molecule has 0 atom stereocenters. The number of rotatable bonds is 6. The maximum Gasteiger partial charge on any atom is 0.119 e. The van der Waals surface area contributed by atoms with Gasteiger partial charge in [0, 0.05) is 0 Å². The van der Waals surface area contributed by atoms with Gasteiger partial charge in [-0.3, -0.25) is 0 Å². The van der Waals surface area contributed by atoms with E-state index in [1.807, 2.05) is 0 Å². The van der Waals surface area contributed by atoms with Gasteiger partial charge < -0.3 is 4.74 Å². The highest BCUT2D eigenvalue weighted by Crippen LogP contribution is 2.39. The molecule has 1 aromatic carbocycles. The van der Waals surface area contributed by atoms with Crippen molar-refractivity contribution < 1.29 is 4.74 Å². The van der Waals surface area contributed by atoms with Gasteiger partial charge in [-0.05, 0) is 47.3 Å². The molecule has 0 saturated heterocycles. The van der Waals surface area contributed by atoms with E-state index in [9.17, 15) is 0 Å². The SMILES string of the molecule is C=CCOc1ccc(C(CC(C)(C)C)CC(C)(C)C)cc1.